The minimum atomic E-state index is -0.697. The molecular formula is C34H46O7. The summed E-state index contributed by atoms with van der Waals surface area (Å²) in [5.74, 6) is 0.982. The van der Waals surface area contributed by atoms with Crippen LogP contribution in [-0.4, -0.2) is 31.4 Å². The summed E-state index contributed by atoms with van der Waals surface area (Å²) in [7, 11) is 1.57. The molecule has 0 bridgehead atoms. The second-order valence-electron chi connectivity index (χ2n) is 12.0. The van der Waals surface area contributed by atoms with E-state index in [0.29, 0.717) is 53.6 Å². The molecule has 0 heterocycles. The van der Waals surface area contributed by atoms with Gasteiger partial charge in [-0.25, -0.2) is 0 Å². The molecule has 2 aromatic carbocycles. The zero-order valence-electron chi connectivity index (χ0n) is 26.4. The Labute approximate surface area is 245 Å². The lowest BCUT2D eigenvalue weighted by Crippen LogP contribution is -2.27. The van der Waals surface area contributed by atoms with E-state index in [-0.39, 0.29) is 17.7 Å². The fourth-order valence-corrected chi connectivity index (χ4v) is 4.04. The van der Waals surface area contributed by atoms with Gasteiger partial charge in [0.05, 0.1) is 30.1 Å². The summed E-state index contributed by atoms with van der Waals surface area (Å²) < 4.78 is 23.5. The van der Waals surface area contributed by atoms with E-state index in [4.69, 9.17) is 18.9 Å². The van der Waals surface area contributed by atoms with Crippen molar-refractivity contribution in [1.29, 1.82) is 0 Å². The van der Waals surface area contributed by atoms with Crippen molar-refractivity contribution in [3.05, 3.63) is 52.6 Å². The van der Waals surface area contributed by atoms with Gasteiger partial charge in [0, 0.05) is 16.7 Å². The number of ether oxygens (including phenoxy) is 4. The van der Waals surface area contributed by atoms with Gasteiger partial charge in [-0.05, 0) is 97.7 Å². The van der Waals surface area contributed by atoms with Gasteiger partial charge < -0.3 is 18.9 Å². The Morgan fingerprint density at radius 2 is 1.24 bits per heavy atom. The predicted molar refractivity (Wildman–Crippen MR) is 162 cm³/mol. The molecule has 0 amide bonds. The molecule has 0 aliphatic rings. The van der Waals surface area contributed by atoms with E-state index in [1.165, 1.54) is 6.08 Å². The second kappa shape index (κ2) is 14.3. The summed E-state index contributed by atoms with van der Waals surface area (Å²) in [6.07, 6.45) is 6.00. The summed E-state index contributed by atoms with van der Waals surface area (Å²) in [6, 6.07) is 6.46. The Morgan fingerprint density at radius 3 is 1.71 bits per heavy atom. The molecule has 0 aliphatic carbocycles. The summed E-state index contributed by atoms with van der Waals surface area (Å²) in [5, 5.41) is 0. The van der Waals surface area contributed by atoms with Crippen LogP contribution in [0.1, 0.15) is 102 Å². The van der Waals surface area contributed by atoms with Crippen molar-refractivity contribution in [3.8, 4) is 23.0 Å². The van der Waals surface area contributed by atoms with Gasteiger partial charge >= 0.3 is 11.9 Å². The Hall–Kier alpha value is -3.61. The molecule has 0 fully saturated rings. The summed E-state index contributed by atoms with van der Waals surface area (Å²) in [5.41, 5.74) is 1.29. The van der Waals surface area contributed by atoms with Gasteiger partial charge in [0.2, 0.25) is 0 Å². The third kappa shape index (κ3) is 8.69. The summed E-state index contributed by atoms with van der Waals surface area (Å²) >= 11 is 0. The lowest BCUT2D eigenvalue weighted by molar-refractivity contribution is -0.143. The molecule has 0 saturated heterocycles. The number of ketones is 1. The van der Waals surface area contributed by atoms with Gasteiger partial charge in [0.25, 0.3) is 0 Å². The molecule has 2 aromatic rings. The van der Waals surface area contributed by atoms with Crippen molar-refractivity contribution in [3.63, 3.8) is 0 Å². The van der Waals surface area contributed by atoms with Gasteiger partial charge in [-0.1, -0.05) is 26.7 Å². The molecule has 7 nitrogen and oxygen atoms in total. The minimum Gasteiger partial charge on any atom is -0.496 e. The molecule has 7 heteroatoms. The van der Waals surface area contributed by atoms with Crippen LogP contribution in [0.4, 0.5) is 0 Å². The first kappa shape index (κ1) is 33.6. The van der Waals surface area contributed by atoms with Crippen molar-refractivity contribution in [2.75, 3.05) is 13.7 Å². The van der Waals surface area contributed by atoms with E-state index in [0.717, 1.165) is 24.0 Å². The number of hydrogen-bond acceptors (Lipinski definition) is 7. The largest absolute Gasteiger partial charge is 0.496 e. The number of benzene rings is 2. The van der Waals surface area contributed by atoms with Crippen molar-refractivity contribution >= 4 is 23.8 Å². The minimum absolute atomic E-state index is 0.236. The molecule has 0 unspecified atom stereocenters. The van der Waals surface area contributed by atoms with Crippen LogP contribution < -0.4 is 18.9 Å². The molecule has 0 spiro atoms. The van der Waals surface area contributed by atoms with E-state index in [9.17, 15) is 14.4 Å². The Kier molecular flexibility index (Phi) is 11.7. The molecule has 0 aliphatic heterocycles. The lowest BCUT2D eigenvalue weighted by atomic mass is 9.93. The standard InChI is InChI=1S/C34H46O7/c1-11-14-24-28(38-10)26(29(39-13-3)25(15-12-2)30(24)41-32(37)34(7,8)9)20-21-27(35)22-16-18-23(19-17-22)40-31(36)33(4,5)6/h16-21H,11-15H2,1-10H3. The first-order chi connectivity index (χ1) is 19.2. The fourth-order valence-electron chi connectivity index (χ4n) is 4.04. The first-order valence-corrected chi connectivity index (χ1v) is 14.3. The lowest BCUT2D eigenvalue weighted by Gasteiger charge is -2.25. The highest BCUT2D eigenvalue weighted by molar-refractivity contribution is 6.07. The zero-order chi connectivity index (χ0) is 31.0. The summed E-state index contributed by atoms with van der Waals surface area (Å²) in [6.45, 7) is 17.2. The predicted octanol–water partition coefficient (Wildman–Crippen LogP) is 7.80. The van der Waals surface area contributed by atoms with Gasteiger partial charge in [0.1, 0.15) is 23.0 Å². The van der Waals surface area contributed by atoms with Crippen LogP contribution in [0.3, 0.4) is 0 Å². The maximum Gasteiger partial charge on any atom is 0.316 e. The molecule has 0 radical (unpaired) electrons. The highest BCUT2D eigenvalue weighted by Crippen LogP contribution is 2.46. The van der Waals surface area contributed by atoms with Crippen LogP contribution in [0.25, 0.3) is 6.08 Å². The zero-order valence-corrected chi connectivity index (χ0v) is 26.4. The molecular weight excluding hydrogens is 520 g/mol. The topological polar surface area (TPSA) is 88.1 Å². The maximum atomic E-state index is 13.2. The van der Waals surface area contributed by atoms with Crippen LogP contribution in [-0.2, 0) is 22.4 Å². The molecule has 0 aromatic heterocycles. The molecule has 41 heavy (non-hydrogen) atoms. The molecule has 0 N–H and O–H groups in total. The average Bonchev–Trinajstić information content (AvgIpc) is 2.90. The Morgan fingerprint density at radius 1 is 0.732 bits per heavy atom. The Balaban J connectivity index is 2.61. The first-order valence-electron chi connectivity index (χ1n) is 14.3. The molecule has 224 valence electrons. The van der Waals surface area contributed by atoms with Gasteiger partial charge in [-0.3, -0.25) is 14.4 Å². The van der Waals surface area contributed by atoms with Crippen molar-refractivity contribution < 1.29 is 33.3 Å². The van der Waals surface area contributed by atoms with Crippen molar-refractivity contribution in [2.45, 2.75) is 88.0 Å². The van der Waals surface area contributed by atoms with Crippen molar-refractivity contribution in [1.82, 2.24) is 0 Å². The van der Waals surface area contributed by atoms with Gasteiger partial charge in [0.15, 0.2) is 5.78 Å². The summed E-state index contributed by atoms with van der Waals surface area (Å²) in [4.78, 5) is 38.4. The van der Waals surface area contributed by atoms with E-state index in [1.54, 1.807) is 58.2 Å². The van der Waals surface area contributed by atoms with Crippen LogP contribution >= 0.6 is 0 Å². The number of carbonyl (C=O) groups excluding carboxylic acids is 3. The number of methoxy groups -OCH3 is 1. The Bertz CT molecular complexity index is 1260. The SMILES string of the molecule is CCCc1c(OC)c(C=CC(=O)c2ccc(OC(=O)C(C)(C)C)cc2)c(OCC)c(CCC)c1OC(=O)C(C)(C)C. The van der Waals surface area contributed by atoms with Crippen molar-refractivity contribution in [2.24, 2.45) is 10.8 Å². The molecule has 0 saturated carbocycles. The number of esters is 2. The average molecular weight is 567 g/mol. The number of carbonyl (C=O) groups is 3. The van der Waals surface area contributed by atoms with Crippen LogP contribution in [0.5, 0.6) is 23.0 Å². The maximum absolute atomic E-state index is 13.2. The molecule has 2 rings (SSSR count). The second-order valence-corrected chi connectivity index (χ2v) is 12.0. The third-order valence-electron chi connectivity index (χ3n) is 6.25. The highest BCUT2D eigenvalue weighted by atomic mass is 16.5. The quantitative estimate of drug-likeness (QED) is 0.112. The van der Waals surface area contributed by atoms with E-state index in [2.05, 4.69) is 6.92 Å². The highest BCUT2D eigenvalue weighted by Gasteiger charge is 2.30. The monoisotopic (exact) mass is 566 g/mol. The number of hydrogen-bond donors (Lipinski definition) is 0. The van der Waals surface area contributed by atoms with Gasteiger partial charge in [-0.2, -0.15) is 0 Å². The van der Waals surface area contributed by atoms with Gasteiger partial charge in [-0.15, -0.1) is 0 Å². The van der Waals surface area contributed by atoms with E-state index in [1.807, 2.05) is 34.6 Å². The van der Waals surface area contributed by atoms with E-state index < -0.39 is 10.8 Å². The fraction of sp³-hybridized carbons (Fsp3) is 0.500. The van der Waals surface area contributed by atoms with Crippen LogP contribution in [0.15, 0.2) is 30.3 Å². The van der Waals surface area contributed by atoms with E-state index >= 15 is 0 Å². The normalized spacial score (nSPS) is 11.9. The third-order valence-corrected chi connectivity index (χ3v) is 6.25. The number of allylic oxidation sites excluding steroid dienone is 1. The van der Waals surface area contributed by atoms with Crippen LogP contribution in [0.2, 0.25) is 0 Å². The van der Waals surface area contributed by atoms with Crippen LogP contribution in [0, 0.1) is 10.8 Å². The smallest absolute Gasteiger partial charge is 0.316 e. The number of rotatable bonds is 12. The molecule has 0 atom stereocenters.